The lowest BCUT2D eigenvalue weighted by Gasteiger charge is -2.46. The number of methoxy groups -OCH3 is 1. The van der Waals surface area contributed by atoms with Gasteiger partial charge in [-0.2, -0.15) is 0 Å². The average molecular weight is 445 g/mol. The van der Waals surface area contributed by atoms with E-state index in [1.165, 1.54) is 7.11 Å². The molecule has 1 aromatic carbocycles. The number of hydrogen-bond donors (Lipinski definition) is 0. The molecule has 1 aliphatic rings. The molecule has 28 heavy (non-hydrogen) atoms. The number of carbonyl (C=O) groups excluding carboxylic acids is 1. The minimum Gasteiger partial charge on any atom is -0.467 e. The monoisotopic (exact) mass is 444 g/mol. The van der Waals surface area contributed by atoms with Crippen LogP contribution in [0.4, 0.5) is 0 Å². The fourth-order valence-electron chi connectivity index (χ4n) is 3.82. The third-order valence-electron chi connectivity index (χ3n) is 4.85. The summed E-state index contributed by atoms with van der Waals surface area (Å²) in [6, 6.07) is 8.18. The zero-order chi connectivity index (χ0) is 21.2. The zero-order valence-corrected chi connectivity index (χ0v) is 19.6. The van der Waals surface area contributed by atoms with Crippen molar-refractivity contribution in [3.63, 3.8) is 0 Å². The van der Waals surface area contributed by atoms with Crippen LogP contribution in [0.3, 0.4) is 0 Å². The van der Waals surface area contributed by atoms with Gasteiger partial charge < -0.3 is 9.16 Å². The van der Waals surface area contributed by atoms with E-state index in [0.29, 0.717) is 6.42 Å². The van der Waals surface area contributed by atoms with Crippen LogP contribution in [-0.2, 0) is 23.8 Å². The molecule has 0 spiro atoms. The molecule has 0 fully saturated rings. The second kappa shape index (κ2) is 8.69. The molecular weight excluding hydrogens is 416 g/mol. The number of halogens is 1. The van der Waals surface area contributed by atoms with Gasteiger partial charge in [-0.05, 0) is 44.1 Å². The van der Waals surface area contributed by atoms with Gasteiger partial charge in [-0.3, -0.25) is 0 Å². The van der Waals surface area contributed by atoms with Crippen LogP contribution in [0.15, 0.2) is 47.4 Å². The summed E-state index contributed by atoms with van der Waals surface area (Å²) in [5, 5.41) is -1.02. The van der Waals surface area contributed by atoms with Crippen molar-refractivity contribution in [3.8, 4) is 0 Å². The number of allylic oxidation sites excluding steroid dienone is 1. The molecule has 0 bridgehead atoms. The summed E-state index contributed by atoms with van der Waals surface area (Å²) < 4.78 is 38.3. The number of esters is 1. The van der Waals surface area contributed by atoms with Gasteiger partial charge in [-0.25, -0.2) is 13.2 Å². The third kappa shape index (κ3) is 4.70. The van der Waals surface area contributed by atoms with Crippen molar-refractivity contribution in [2.45, 2.75) is 48.7 Å². The van der Waals surface area contributed by atoms with Gasteiger partial charge in [0.2, 0.25) is 0 Å². The smallest absolute Gasteiger partial charge is 0.337 e. The lowest BCUT2D eigenvalue weighted by atomic mass is 9.74. The number of rotatable bonds is 7. The first-order valence-corrected chi connectivity index (χ1v) is 14.8. The van der Waals surface area contributed by atoms with Crippen LogP contribution in [0.5, 0.6) is 0 Å². The van der Waals surface area contributed by atoms with Crippen molar-refractivity contribution in [3.05, 3.63) is 42.5 Å². The normalized spacial score (nSPS) is 26.6. The Balaban J connectivity index is 2.65. The molecule has 0 aromatic heterocycles. The Bertz CT molecular complexity index is 819. The molecule has 5 nitrogen and oxygen atoms in total. The fraction of sp³-hybridized carbons (Fsp3) is 0.550. The summed E-state index contributed by atoms with van der Waals surface area (Å²) in [6.07, 6.45) is 4.06. The van der Waals surface area contributed by atoms with E-state index in [4.69, 9.17) is 20.8 Å². The van der Waals surface area contributed by atoms with E-state index in [1.54, 1.807) is 36.4 Å². The average Bonchev–Trinajstić information content (AvgIpc) is 2.62. The summed E-state index contributed by atoms with van der Waals surface area (Å²) in [5.41, 5.74) is -1.38. The first-order valence-electron chi connectivity index (χ1n) is 9.30. The van der Waals surface area contributed by atoms with Crippen LogP contribution in [0, 0.1) is 11.8 Å². The molecule has 4 atom stereocenters. The number of ether oxygens (including phenoxy) is 1. The summed E-state index contributed by atoms with van der Waals surface area (Å²) in [4.78, 5) is 13.2. The van der Waals surface area contributed by atoms with Crippen molar-refractivity contribution in [2.75, 3.05) is 13.0 Å². The van der Waals surface area contributed by atoms with Crippen molar-refractivity contribution >= 4 is 35.7 Å². The quantitative estimate of drug-likeness (QED) is 0.274. The highest BCUT2D eigenvalue weighted by Gasteiger charge is 2.56. The first kappa shape index (κ1) is 23.1. The van der Waals surface area contributed by atoms with Crippen molar-refractivity contribution < 1.29 is 22.4 Å². The Morgan fingerprint density at radius 3 is 2.36 bits per heavy atom. The van der Waals surface area contributed by atoms with E-state index >= 15 is 0 Å². The van der Waals surface area contributed by atoms with Gasteiger partial charge in [0.15, 0.2) is 23.8 Å². The summed E-state index contributed by atoms with van der Waals surface area (Å²) in [6.45, 7) is 7.89. The third-order valence-corrected chi connectivity index (χ3v) is 8.53. The molecule has 0 amide bonds. The van der Waals surface area contributed by atoms with Crippen LogP contribution in [0.1, 0.15) is 13.3 Å². The lowest BCUT2D eigenvalue weighted by molar-refractivity contribution is -0.166. The van der Waals surface area contributed by atoms with Gasteiger partial charge in [0, 0.05) is 11.8 Å². The minimum absolute atomic E-state index is 0.0436. The number of carbonyl (C=O) groups is 1. The lowest BCUT2D eigenvalue weighted by Crippen LogP contribution is -2.60. The van der Waals surface area contributed by atoms with Crippen LogP contribution in [0.2, 0.25) is 19.6 Å². The zero-order valence-electron chi connectivity index (χ0n) is 17.0. The van der Waals surface area contributed by atoms with Crippen molar-refractivity contribution in [1.29, 1.82) is 0 Å². The van der Waals surface area contributed by atoms with Crippen LogP contribution in [0.25, 0.3) is 0 Å². The summed E-state index contributed by atoms with van der Waals surface area (Å²) in [5.74, 6) is -1.41. The Kier molecular flexibility index (Phi) is 7.18. The van der Waals surface area contributed by atoms with Gasteiger partial charge in [-0.1, -0.05) is 37.3 Å². The molecule has 1 unspecified atom stereocenters. The Labute approximate surface area is 174 Å². The Morgan fingerprint density at radius 1 is 1.25 bits per heavy atom. The molecule has 0 saturated carbocycles. The predicted octanol–water partition coefficient (Wildman–Crippen LogP) is 4.04. The van der Waals surface area contributed by atoms with E-state index in [9.17, 15) is 13.2 Å². The second-order valence-electron chi connectivity index (χ2n) is 8.24. The molecule has 0 N–H and O–H groups in total. The predicted molar refractivity (Wildman–Crippen MR) is 114 cm³/mol. The maximum absolute atomic E-state index is 13.4. The molecule has 1 aliphatic carbocycles. The van der Waals surface area contributed by atoms with E-state index in [-0.39, 0.29) is 16.7 Å². The van der Waals surface area contributed by atoms with Crippen molar-refractivity contribution in [1.82, 2.24) is 0 Å². The SMILES string of the molecule is COC(=O)[C@@]1(O[Si](C)(C)C)C[C@@H](C)C=C[C@H]1C(CCl)S(=O)(=O)c1ccccc1. The maximum Gasteiger partial charge on any atom is 0.337 e. The minimum atomic E-state index is -3.79. The molecule has 0 saturated heterocycles. The van der Waals surface area contributed by atoms with Gasteiger partial charge >= 0.3 is 5.97 Å². The summed E-state index contributed by atoms with van der Waals surface area (Å²) >= 11 is 6.21. The summed E-state index contributed by atoms with van der Waals surface area (Å²) in [7, 11) is -4.72. The molecular formula is C20H29ClO5SSi. The maximum atomic E-state index is 13.4. The highest BCUT2D eigenvalue weighted by molar-refractivity contribution is 7.92. The molecule has 1 aromatic rings. The van der Waals surface area contributed by atoms with Gasteiger partial charge in [0.25, 0.3) is 0 Å². The number of sulfone groups is 1. The highest BCUT2D eigenvalue weighted by atomic mass is 35.5. The molecule has 2 rings (SSSR count). The molecule has 8 heteroatoms. The molecule has 0 aliphatic heterocycles. The second-order valence-corrected chi connectivity index (χ2v) is 15.1. The van der Waals surface area contributed by atoms with Gasteiger partial charge in [0.1, 0.15) is 0 Å². The number of benzene rings is 1. The number of alkyl halides is 1. The van der Waals surface area contributed by atoms with E-state index in [2.05, 4.69) is 0 Å². The molecule has 0 radical (unpaired) electrons. The van der Waals surface area contributed by atoms with E-state index < -0.39 is 40.9 Å². The Hall–Kier alpha value is -1.15. The van der Waals surface area contributed by atoms with Crippen LogP contribution in [-0.4, -0.2) is 46.5 Å². The topological polar surface area (TPSA) is 69.7 Å². The van der Waals surface area contributed by atoms with Gasteiger partial charge in [-0.15, -0.1) is 11.6 Å². The fourth-order valence-corrected chi connectivity index (χ4v) is 7.65. The van der Waals surface area contributed by atoms with Gasteiger partial charge in [0.05, 0.1) is 17.3 Å². The Morgan fingerprint density at radius 2 is 1.86 bits per heavy atom. The first-order chi connectivity index (χ1) is 13.0. The van der Waals surface area contributed by atoms with E-state index in [1.807, 2.05) is 32.6 Å². The largest absolute Gasteiger partial charge is 0.467 e. The standard InChI is InChI=1S/C20H29ClO5SSi/c1-15-11-12-17(20(13-15,19(22)25-2)26-28(3,4)5)18(14-21)27(23,24)16-9-7-6-8-10-16/h6-12,15,17-18H,13-14H2,1-5H3/t15-,17-,18?,20+/m0/s1. The van der Waals surface area contributed by atoms with E-state index in [0.717, 1.165) is 0 Å². The van der Waals surface area contributed by atoms with Crippen LogP contribution < -0.4 is 0 Å². The van der Waals surface area contributed by atoms with Crippen LogP contribution >= 0.6 is 11.6 Å². The molecule has 156 valence electrons. The van der Waals surface area contributed by atoms with Crippen molar-refractivity contribution in [2.24, 2.45) is 11.8 Å². The molecule has 0 heterocycles. The number of hydrogen-bond acceptors (Lipinski definition) is 5. The highest BCUT2D eigenvalue weighted by Crippen LogP contribution is 2.43.